The molecule has 0 saturated heterocycles. The number of hydrogen-bond acceptors (Lipinski definition) is 5. The highest BCUT2D eigenvalue weighted by Crippen LogP contribution is 2.39. The summed E-state index contributed by atoms with van der Waals surface area (Å²) in [5.41, 5.74) is 2.47. The largest absolute Gasteiger partial charge is 0.497 e. The highest BCUT2D eigenvalue weighted by atomic mass is 32.1. The van der Waals surface area contributed by atoms with Crippen molar-refractivity contribution in [3.05, 3.63) is 40.5 Å². The molecule has 5 heteroatoms. The van der Waals surface area contributed by atoms with E-state index < -0.39 is 0 Å². The molecule has 0 fully saturated rings. The first-order valence-corrected chi connectivity index (χ1v) is 8.76. The Balaban J connectivity index is 1.79. The van der Waals surface area contributed by atoms with Crippen molar-refractivity contribution < 1.29 is 4.74 Å². The molecular weight excluding hydrogens is 306 g/mol. The number of aryl methyl sites for hydroxylation is 3. The van der Waals surface area contributed by atoms with Crippen molar-refractivity contribution in [3.63, 3.8) is 0 Å². The number of nitrogens with zero attached hydrogens (tertiary/aromatic N) is 2. The van der Waals surface area contributed by atoms with E-state index in [9.17, 15) is 0 Å². The number of methoxy groups -OCH3 is 1. The number of ether oxygens (including phenoxy) is 1. The fourth-order valence-electron chi connectivity index (χ4n) is 3.17. The molecule has 2 heterocycles. The third-order valence-corrected chi connectivity index (χ3v) is 5.46. The van der Waals surface area contributed by atoms with Crippen LogP contribution < -0.4 is 10.1 Å². The zero-order chi connectivity index (χ0) is 15.8. The lowest BCUT2D eigenvalue weighted by Gasteiger charge is -2.13. The van der Waals surface area contributed by atoms with Crippen molar-refractivity contribution in [2.75, 3.05) is 12.4 Å². The zero-order valence-electron chi connectivity index (χ0n) is 13.3. The van der Waals surface area contributed by atoms with Crippen molar-refractivity contribution in [1.29, 1.82) is 0 Å². The van der Waals surface area contributed by atoms with Crippen LogP contribution in [-0.2, 0) is 12.8 Å². The summed E-state index contributed by atoms with van der Waals surface area (Å²) in [6.45, 7) is 1.96. The van der Waals surface area contributed by atoms with Crippen LogP contribution in [0, 0.1) is 6.92 Å². The molecule has 0 bridgehead atoms. The number of rotatable bonds is 3. The van der Waals surface area contributed by atoms with Crippen molar-refractivity contribution in [2.45, 2.75) is 32.6 Å². The number of hydrogen-bond donors (Lipinski definition) is 1. The van der Waals surface area contributed by atoms with E-state index in [1.165, 1.54) is 35.1 Å². The predicted octanol–water partition coefficient (Wildman–Crippen LogP) is 4.63. The molecule has 118 valence electrons. The number of benzene rings is 1. The Morgan fingerprint density at radius 2 is 1.87 bits per heavy atom. The fourth-order valence-corrected chi connectivity index (χ4v) is 4.47. The SMILES string of the molecule is COc1ccc(Nc2nc(C)nc3sc4c(c23)CCCC4)cc1. The molecule has 0 aliphatic heterocycles. The lowest BCUT2D eigenvalue weighted by molar-refractivity contribution is 0.415. The quantitative estimate of drug-likeness (QED) is 0.762. The summed E-state index contributed by atoms with van der Waals surface area (Å²) in [4.78, 5) is 11.9. The molecule has 23 heavy (non-hydrogen) atoms. The number of aromatic nitrogens is 2. The Morgan fingerprint density at radius 3 is 2.65 bits per heavy atom. The molecule has 1 N–H and O–H groups in total. The summed E-state index contributed by atoms with van der Waals surface area (Å²) in [5, 5.41) is 4.69. The molecule has 1 aliphatic carbocycles. The van der Waals surface area contributed by atoms with Gasteiger partial charge in [0.05, 0.1) is 12.5 Å². The number of thiophene rings is 1. The van der Waals surface area contributed by atoms with Gasteiger partial charge in [-0.25, -0.2) is 9.97 Å². The number of nitrogens with one attached hydrogen (secondary N) is 1. The maximum Gasteiger partial charge on any atom is 0.143 e. The van der Waals surface area contributed by atoms with Crippen molar-refractivity contribution in [3.8, 4) is 5.75 Å². The molecule has 4 rings (SSSR count). The predicted molar refractivity (Wildman–Crippen MR) is 95.1 cm³/mol. The van der Waals surface area contributed by atoms with Gasteiger partial charge in [0.2, 0.25) is 0 Å². The summed E-state index contributed by atoms with van der Waals surface area (Å²) in [7, 11) is 1.68. The van der Waals surface area contributed by atoms with Gasteiger partial charge in [-0.3, -0.25) is 0 Å². The molecule has 0 saturated carbocycles. The zero-order valence-corrected chi connectivity index (χ0v) is 14.2. The van der Waals surface area contributed by atoms with Crippen LogP contribution in [0.4, 0.5) is 11.5 Å². The number of fused-ring (bicyclic) bond motifs is 3. The Bertz CT molecular complexity index is 855. The highest BCUT2D eigenvalue weighted by Gasteiger charge is 2.20. The van der Waals surface area contributed by atoms with Gasteiger partial charge in [-0.1, -0.05) is 0 Å². The molecule has 2 aromatic heterocycles. The normalized spacial score (nSPS) is 13.8. The van der Waals surface area contributed by atoms with Gasteiger partial charge in [0.1, 0.15) is 22.2 Å². The van der Waals surface area contributed by atoms with E-state index >= 15 is 0 Å². The van der Waals surface area contributed by atoms with E-state index in [4.69, 9.17) is 4.74 Å². The maximum absolute atomic E-state index is 5.22. The summed E-state index contributed by atoms with van der Waals surface area (Å²) in [5.74, 6) is 2.59. The molecule has 0 atom stereocenters. The molecule has 0 spiro atoms. The smallest absolute Gasteiger partial charge is 0.143 e. The monoisotopic (exact) mass is 325 g/mol. The van der Waals surface area contributed by atoms with Crippen LogP contribution in [-0.4, -0.2) is 17.1 Å². The van der Waals surface area contributed by atoms with E-state index in [2.05, 4.69) is 15.3 Å². The Labute approximate surface area is 139 Å². The molecule has 1 aromatic carbocycles. The molecule has 1 aliphatic rings. The lowest BCUT2D eigenvalue weighted by Crippen LogP contribution is -2.02. The van der Waals surface area contributed by atoms with Gasteiger partial charge in [-0.2, -0.15) is 0 Å². The summed E-state index contributed by atoms with van der Waals surface area (Å²) in [6.07, 6.45) is 4.86. The molecular formula is C18H19N3OS. The van der Waals surface area contributed by atoms with Crippen LogP contribution in [0.25, 0.3) is 10.2 Å². The second kappa shape index (κ2) is 5.81. The summed E-state index contributed by atoms with van der Waals surface area (Å²) >= 11 is 1.83. The van der Waals surface area contributed by atoms with Crippen molar-refractivity contribution in [2.24, 2.45) is 0 Å². The topological polar surface area (TPSA) is 47.0 Å². The van der Waals surface area contributed by atoms with E-state index in [-0.39, 0.29) is 0 Å². The Kier molecular flexibility index (Phi) is 3.65. The van der Waals surface area contributed by atoms with Crippen LogP contribution >= 0.6 is 11.3 Å². The first kappa shape index (κ1) is 14.5. The van der Waals surface area contributed by atoms with Crippen LogP contribution in [0.1, 0.15) is 29.1 Å². The van der Waals surface area contributed by atoms with Gasteiger partial charge in [0.25, 0.3) is 0 Å². The first-order valence-electron chi connectivity index (χ1n) is 7.94. The Morgan fingerprint density at radius 1 is 1.09 bits per heavy atom. The van der Waals surface area contributed by atoms with Crippen LogP contribution in [0.2, 0.25) is 0 Å². The molecule has 3 aromatic rings. The van der Waals surface area contributed by atoms with Gasteiger partial charge in [-0.15, -0.1) is 11.3 Å². The van der Waals surface area contributed by atoms with Gasteiger partial charge >= 0.3 is 0 Å². The second-order valence-electron chi connectivity index (χ2n) is 5.86. The summed E-state index contributed by atoms with van der Waals surface area (Å²) in [6, 6.07) is 7.94. The van der Waals surface area contributed by atoms with Crippen LogP contribution in [0.5, 0.6) is 5.75 Å². The van der Waals surface area contributed by atoms with Crippen molar-refractivity contribution >= 4 is 33.1 Å². The molecule has 4 nitrogen and oxygen atoms in total. The van der Waals surface area contributed by atoms with Crippen LogP contribution in [0.3, 0.4) is 0 Å². The summed E-state index contributed by atoms with van der Waals surface area (Å²) < 4.78 is 5.22. The van der Waals surface area contributed by atoms with Crippen molar-refractivity contribution in [1.82, 2.24) is 9.97 Å². The van der Waals surface area contributed by atoms with Crippen LogP contribution in [0.15, 0.2) is 24.3 Å². The van der Waals surface area contributed by atoms with E-state index in [0.29, 0.717) is 0 Å². The van der Waals surface area contributed by atoms with Gasteiger partial charge in [0, 0.05) is 10.6 Å². The maximum atomic E-state index is 5.22. The van der Waals surface area contributed by atoms with Gasteiger partial charge < -0.3 is 10.1 Å². The Hall–Kier alpha value is -2.14. The van der Waals surface area contributed by atoms with E-state index in [1.807, 2.05) is 42.5 Å². The minimum Gasteiger partial charge on any atom is -0.497 e. The highest BCUT2D eigenvalue weighted by molar-refractivity contribution is 7.19. The van der Waals surface area contributed by atoms with Gasteiger partial charge in [-0.05, 0) is 62.4 Å². The third-order valence-electron chi connectivity index (χ3n) is 4.28. The third kappa shape index (κ3) is 2.65. The standard InChI is InChI=1S/C18H19N3OS/c1-11-19-17(21-12-7-9-13(22-2)10-8-12)16-14-5-3-4-6-15(14)23-18(16)20-11/h7-10H,3-6H2,1-2H3,(H,19,20,21). The minimum atomic E-state index is 0.812. The fraction of sp³-hybridized carbons (Fsp3) is 0.333. The minimum absolute atomic E-state index is 0.812. The lowest BCUT2D eigenvalue weighted by atomic mass is 9.97. The van der Waals surface area contributed by atoms with E-state index in [1.54, 1.807) is 7.11 Å². The average molecular weight is 325 g/mol. The molecule has 0 unspecified atom stereocenters. The van der Waals surface area contributed by atoms with Gasteiger partial charge in [0.15, 0.2) is 0 Å². The molecule has 0 radical (unpaired) electrons. The first-order chi connectivity index (χ1) is 11.2. The molecule has 0 amide bonds. The van der Waals surface area contributed by atoms with E-state index in [0.717, 1.165) is 34.3 Å². The second-order valence-corrected chi connectivity index (χ2v) is 6.95. The average Bonchev–Trinajstić information content (AvgIpc) is 2.93. The number of anilines is 2.